The number of benzene rings is 1. The van der Waals surface area contributed by atoms with E-state index in [4.69, 9.17) is 9.47 Å². The largest absolute Gasteiger partial charge is 0.497 e. The zero-order valence-corrected chi connectivity index (χ0v) is 11.7. The molecule has 4 heteroatoms. The molecular weight excluding hydrogens is 230 g/mol. The minimum Gasteiger partial charge on any atom is -0.497 e. The molecule has 0 heterocycles. The van der Waals surface area contributed by atoms with Gasteiger partial charge in [0.2, 0.25) is 0 Å². The molecule has 1 aromatic rings. The second kappa shape index (κ2) is 6.61. The van der Waals surface area contributed by atoms with Gasteiger partial charge in [-0.3, -0.25) is 0 Å². The molecule has 0 aliphatic heterocycles. The average Bonchev–Trinajstić information content (AvgIpc) is 2.36. The van der Waals surface area contributed by atoms with Gasteiger partial charge in [-0.1, -0.05) is 13.8 Å². The molecule has 0 fully saturated rings. The molecule has 0 saturated carbocycles. The maximum absolute atomic E-state index is 10.4. The van der Waals surface area contributed by atoms with Crippen molar-refractivity contribution < 1.29 is 14.6 Å². The molecule has 0 unspecified atom stereocenters. The SMILES string of the molecule is COc1ccc(OC)c([C@H](O)[C@@H](C)NC(C)C)c1. The van der Waals surface area contributed by atoms with Crippen LogP contribution in [0.4, 0.5) is 0 Å². The summed E-state index contributed by atoms with van der Waals surface area (Å²) in [5, 5.41) is 13.7. The summed E-state index contributed by atoms with van der Waals surface area (Å²) in [6, 6.07) is 5.68. The average molecular weight is 253 g/mol. The molecule has 0 aromatic heterocycles. The van der Waals surface area contributed by atoms with Gasteiger partial charge < -0.3 is 19.9 Å². The molecule has 1 rings (SSSR count). The first-order chi connectivity index (χ1) is 8.49. The van der Waals surface area contributed by atoms with Gasteiger partial charge >= 0.3 is 0 Å². The Morgan fingerprint density at radius 3 is 2.28 bits per heavy atom. The second-order valence-corrected chi connectivity index (χ2v) is 4.66. The van der Waals surface area contributed by atoms with Gasteiger partial charge in [-0.25, -0.2) is 0 Å². The van der Waals surface area contributed by atoms with E-state index in [1.807, 2.05) is 32.9 Å². The van der Waals surface area contributed by atoms with Gasteiger partial charge in [-0.05, 0) is 25.1 Å². The van der Waals surface area contributed by atoms with Crippen LogP contribution in [0.25, 0.3) is 0 Å². The summed E-state index contributed by atoms with van der Waals surface area (Å²) < 4.78 is 10.5. The van der Waals surface area contributed by atoms with E-state index in [1.165, 1.54) is 0 Å². The molecule has 0 spiro atoms. The highest BCUT2D eigenvalue weighted by Crippen LogP contribution is 2.31. The van der Waals surface area contributed by atoms with Crippen LogP contribution in [-0.2, 0) is 0 Å². The van der Waals surface area contributed by atoms with E-state index in [0.717, 1.165) is 5.56 Å². The zero-order chi connectivity index (χ0) is 13.7. The van der Waals surface area contributed by atoms with Crippen LogP contribution >= 0.6 is 0 Å². The Balaban J connectivity index is 2.98. The Morgan fingerprint density at radius 2 is 1.78 bits per heavy atom. The molecule has 0 radical (unpaired) electrons. The van der Waals surface area contributed by atoms with Crippen molar-refractivity contribution in [3.8, 4) is 11.5 Å². The quantitative estimate of drug-likeness (QED) is 0.815. The van der Waals surface area contributed by atoms with Crippen LogP contribution in [0.3, 0.4) is 0 Å². The number of aliphatic hydroxyl groups is 1. The van der Waals surface area contributed by atoms with Crippen LogP contribution in [-0.4, -0.2) is 31.4 Å². The summed E-state index contributed by atoms with van der Waals surface area (Å²) in [6.07, 6.45) is -0.641. The topological polar surface area (TPSA) is 50.7 Å². The maximum Gasteiger partial charge on any atom is 0.124 e. The molecule has 0 aliphatic rings. The Labute approximate surface area is 109 Å². The lowest BCUT2D eigenvalue weighted by Gasteiger charge is -2.24. The predicted molar refractivity (Wildman–Crippen MR) is 72.2 cm³/mol. The Hall–Kier alpha value is -1.26. The molecule has 0 saturated heterocycles. The van der Waals surface area contributed by atoms with Crippen LogP contribution in [0.5, 0.6) is 11.5 Å². The smallest absolute Gasteiger partial charge is 0.124 e. The van der Waals surface area contributed by atoms with Crippen LogP contribution in [0.15, 0.2) is 18.2 Å². The highest BCUT2D eigenvalue weighted by atomic mass is 16.5. The molecule has 0 aliphatic carbocycles. The monoisotopic (exact) mass is 253 g/mol. The molecule has 4 nitrogen and oxygen atoms in total. The van der Waals surface area contributed by atoms with Crippen molar-refractivity contribution in [1.82, 2.24) is 5.32 Å². The van der Waals surface area contributed by atoms with Crippen LogP contribution in [0.1, 0.15) is 32.4 Å². The highest BCUT2D eigenvalue weighted by Gasteiger charge is 2.21. The fourth-order valence-corrected chi connectivity index (χ4v) is 1.96. The van der Waals surface area contributed by atoms with Crippen LogP contribution < -0.4 is 14.8 Å². The lowest BCUT2D eigenvalue weighted by molar-refractivity contribution is 0.128. The molecule has 18 heavy (non-hydrogen) atoms. The summed E-state index contributed by atoms with van der Waals surface area (Å²) >= 11 is 0. The highest BCUT2D eigenvalue weighted by molar-refractivity contribution is 5.42. The standard InChI is InChI=1S/C14H23NO3/c1-9(2)15-10(3)14(16)12-8-11(17-4)6-7-13(12)18-5/h6-10,14-16H,1-5H3/t10-,14-/m1/s1. The van der Waals surface area contributed by atoms with Gasteiger partial charge in [0.15, 0.2) is 0 Å². The van der Waals surface area contributed by atoms with E-state index < -0.39 is 6.10 Å². The number of nitrogens with one attached hydrogen (secondary N) is 1. The first-order valence-electron chi connectivity index (χ1n) is 6.15. The lowest BCUT2D eigenvalue weighted by Crippen LogP contribution is -2.37. The predicted octanol–water partition coefficient (Wildman–Crippen LogP) is 2.12. The van der Waals surface area contributed by atoms with Gasteiger partial charge in [0.25, 0.3) is 0 Å². The molecule has 1 aromatic carbocycles. The third-order valence-electron chi connectivity index (χ3n) is 2.83. The van der Waals surface area contributed by atoms with E-state index in [9.17, 15) is 5.11 Å². The Kier molecular flexibility index (Phi) is 5.44. The third-order valence-corrected chi connectivity index (χ3v) is 2.83. The summed E-state index contributed by atoms with van der Waals surface area (Å²) in [6.45, 7) is 6.04. The molecule has 102 valence electrons. The lowest BCUT2D eigenvalue weighted by atomic mass is 10.0. The second-order valence-electron chi connectivity index (χ2n) is 4.66. The Morgan fingerprint density at radius 1 is 1.11 bits per heavy atom. The van der Waals surface area contributed by atoms with E-state index in [2.05, 4.69) is 5.32 Å². The van der Waals surface area contributed by atoms with E-state index in [1.54, 1.807) is 20.3 Å². The molecule has 2 N–H and O–H groups in total. The third kappa shape index (κ3) is 3.62. The van der Waals surface area contributed by atoms with Gasteiger partial charge in [-0.15, -0.1) is 0 Å². The van der Waals surface area contributed by atoms with E-state index in [-0.39, 0.29) is 6.04 Å². The van der Waals surface area contributed by atoms with Crippen molar-refractivity contribution in [2.45, 2.75) is 39.0 Å². The molecule has 0 amide bonds. The fourth-order valence-electron chi connectivity index (χ4n) is 1.96. The summed E-state index contributed by atoms with van der Waals surface area (Å²) in [5.41, 5.74) is 0.734. The van der Waals surface area contributed by atoms with Crippen molar-refractivity contribution in [3.63, 3.8) is 0 Å². The number of hydrogen-bond donors (Lipinski definition) is 2. The Bertz CT molecular complexity index is 379. The van der Waals surface area contributed by atoms with Gasteiger partial charge in [0.05, 0.1) is 20.3 Å². The summed E-state index contributed by atoms with van der Waals surface area (Å²) in [5.74, 6) is 1.38. The summed E-state index contributed by atoms with van der Waals surface area (Å²) in [4.78, 5) is 0. The van der Waals surface area contributed by atoms with Crippen molar-refractivity contribution in [1.29, 1.82) is 0 Å². The first kappa shape index (κ1) is 14.8. The maximum atomic E-state index is 10.4. The minimum atomic E-state index is -0.641. The van der Waals surface area contributed by atoms with Crippen molar-refractivity contribution in [2.75, 3.05) is 14.2 Å². The van der Waals surface area contributed by atoms with Crippen molar-refractivity contribution >= 4 is 0 Å². The first-order valence-corrected chi connectivity index (χ1v) is 6.15. The summed E-state index contributed by atoms with van der Waals surface area (Å²) in [7, 11) is 3.20. The molecular formula is C14H23NO3. The van der Waals surface area contributed by atoms with E-state index in [0.29, 0.717) is 17.5 Å². The number of rotatable bonds is 6. The van der Waals surface area contributed by atoms with Crippen LogP contribution in [0.2, 0.25) is 0 Å². The molecule has 0 bridgehead atoms. The fraction of sp³-hybridized carbons (Fsp3) is 0.571. The van der Waals surface area contributed by atoms with E-state index >= 15 is 0 Å². The number of hydrogen-bond acceptors (Lipinski definition) is 4. The zero-order valence-electron chi connectivity index (χ0n) is 11.7. The number of aliphatic hydroxyl groups excluding tert-OH is 1. The van der Waals surface area contributed by atoms with Gasteiger partial charge in [0, 0.05) is 17.6 Å². The number of methoxy groups -OCH3 is 2. The minimum absolute atomic E-state index is 0.0639. The normalized spacial score (nSPS) is 14.4. The van der Waals surface area contributed by atoms with Gasteiger partial charge in [-0.2, -0.15) is 0 Å². The van der Waals surface area contributed by atoms with Gasteiger partial charge in [0.1, 0.15) is 11.5 Å². The van der Waals surface area contributed by atoms with Crippen molar-refractivity contribution in [3.05, 3.63) is 23.8 Å². The number of ether oxygens (including phenoxy) is 2. The van der Waals surface area contributed by atoms with Crippen molar-refractivity contribution in [2.24, 2.45) is 0 Å². The van der Waals surface area contributed by atoms with Crippen LogP contribution in [0, 0.1) is 0 Å². The molecule has 2 atom stereocenters.